The average Bonchev–Trinajstić information content (AvgIpc) is 3.09. The summed E-state index contributed by atoms with van der Waals surface area (Å²) in [7, 11) is 1.80. The van der Waals surface area contributed by atoms with Crippen molar-refractivity contribution in [2.45, 2.75) is 33.7 Å². The summed E-state index contributed by atoms with van der Waals surface area (Å²) >= 11 is 1.75. The van der Waals surface area contributed by atoms with Gasteiger partial charge in [-0.1, -0.05) is 19.1 Å². The van der Waals surface area contributed by atoms with Crippen molar-refractivity contribution in [2.24, 2.45) is 4.99 Å². The lowest BCUT2D eigenvalue weighted by Crippen LogP contribution is -2.41. The van der Waals surface area contributed by atoms with E-state index in [0.29, 0.717) is 6.54 Å². The Kier molecular flexibility index (Phi) is 7.73. The van der Waals surface area contributed by atoms with Crippen LogP contribution in [0.2, 0.25) is 0 Å². The number of thiazole rings is 1. The quantitative estimate of drug-likeness (QED) is 0.561. The highest BCUT2D eigenvalue weighted by Crippen LogP contribution is 2.15. The standard InChI is InChI=1S/C19H29N5S/c1-5-17-13-22-18(25-17)14-23-19(20-4)21-10-11-24(6-2)16-9-7-8-15(3)12-16/h7-9,12-13H,5-6,10-11,14H2,1-4H3,(H2,20,21,23). The minimum atomic E-state index is 0.708. The van der Waals surface area contributed by atoms with Crippen molar-refractivity contribution in [1.82, 2.24) is 15.6 Å². The van der Waals surface area contributed by atoms with Crippen molar-refractivity contribution in [2.75, 3.05) is 31.6 Å². The molecule has 0 bridgehead atoms. The van der Waals surface area contributed by atoms with Crippen LogP contribution in [0, 0.1) is 6.92 Å². The highest BCUT2D eigenvalue weighted by Gasteiger charge is 2.06. The normalized spacial score (nSPS) is 11.4. The number of anilines is 1. The number of rotatable bonds is 8. The fourth-order valence-corrected chi connectivity index (χ4v) is 3.38. The van der Waals surface area contributed by atoms with E-state index in [1.807, 2.05) is 6.20 Å². The largest absolute Gasteiger partial charge is 0.370 e. The number of aromatic nitrogens is 1. The molecule has 0 fully saturated rings. The van der Waals surface area contributed by atoms with Gasteiger partial charge in [0.2, 0.25) is 0 Å². The monoisotopic (exact) mass is 359 g/mol. The molecular formula is C19H29N5S. The maximum Gasteiger partial charge on any atom is 0.191 e. The number of nitrogens with one attached hydrogen (secondary N) is 2. The van der Waals surface area contributed by atoms with Crippen LogP contribution in [0.25, 0.3) is 0 Å². The van der Waals surface area contributed by atoms with Gasteiger partial charge in [0.05, 0.1) is 6.54 Å². The maximum absolute atomic E-state index is 4.43. The van der Waals surface area contributed by atoms with E-state index in [1.165, 1.54) is 16.1 Å². The molecule has 5 nitrogen and oxygen atoms in total. The second-order valence-electron chi connectivity index (χ2n) is 5.85. The van der Waals surface area contributed by atoms with Crippen LogP contribution in [0.3, 0.4) is 0 Å². The topological polar surface area (TPSA) is 52.6 Å². The van der Waals surface area contributed by atoms with Crippen LogP contribution >= 0.6 is 11.3 Å². The number of benzene rings is 1. The molecule has 0 spiro atoms. The van der Waals surface area contributed by atoms with Crippen molar-refractivity contribution < 1.29 is 0 Å². The molecule has 1 aromatic heterocycles. The van der Waals surface area contributed by atoms with Crippen LogP contribution in [-0.4, -0.2) is 37.6 Å². The molecule has 0 aliphatic carbocycles. The molecule has 0 saturated heterocycles. The number of hydrogen-bond acceptors (Lipinski definition) is 4. The third-order valence-electron chi connectivity index (χ3n) is 4.00. The van der Waals surface area contributed by atoms with Crippen LogP contribution in [0.1, 0.15) is 29.3 Å². The first-order valence-corrected chi connectivity index (χ1v) is 9.67. The van der Waals surface area contributed by atoms with Gasteiger partial charge >= 0.3 is 0 Å². The first-order chi connectivity index (χ1) is 12.2. The van der Waals surface area contributed by atoms with Gasteiger partial charge < -0.3 is 15.5 Å². The zero-order chi connectivity index (χ0) is 18.1. The minimum Gasteiger partial charge on any atom is -0.370 e. The Morgan fingerprint density at radius 3 is 2.76 bits per heavy atom. The molecule has 0 radical (unpaired) electrons. The van der Waals surface area contributed by atoms with Crippen molar-refractivity contribution in [3.8, 4) is 0 Å². The third-order valence-corrected chi connectivity index (χ3v) is 5.14. The fraction of sp³-hybridized carbons (Fsp3) is 0.474. The molecule has 0 aliphatic heterocycles. The van der Waals surface area contributed by atoms with Gasteiger partial charge in [-0.05, 0) is 38.0 Å². The number of nitrogens with zero attached hydrogens (tertiary/aromatic N) is 3. The second kappa shape index (κ2) is 10.0. The van der Waals surface area contributed by atoms with Gasteiger partial charge in [0.1, 0.15) is 5.01 Å². The zero-order valence-corrected chi connectivity index (χ0v) is 16.5. The lowest BCUT2D eigenvalue weighted by Gasteiger charge is -2.24. The first kappa shape index (κ1) is 19.2. The molecule has 136 valence electrons. The van der Waals surface area contributed by atoms with Crippen molar-refractivity contribution in [1.29, 1.82) is 0 Å². The Bertz CT molecular complexity index is 680. The van der Waals surface area contributed by atoms with Gasteiger partial charge in [-0.2, -0.15) is 0 Å². The molecule has 6 heteroatoms. The predicted octanol–water partition coefficient (Wildman–Crippen LogP) is 3.21. The van der Waals surface area contributed by atoms with Crippen molar-refractivity contribution in [3.63, 3.8) is 0 Å². The predicted molar refractivity (Wildman–Crippen MR) is 109 cm³/mol. The molecule has 2 N–H and O–H groups in total. The molecule has 0 aliphatic rings. The summed E-state index contributed by atoms with van der Waals surface area (Å²) in [4.78, 5) is 12.4. The van der Waals surface area contributed by atoms with E-state index in [9.17, 15) is 0 Å². The SMILES string of the molecule is CCc1cnc(CNC(=NC)NCCN(CC)c2cccc(C)c2)s1. The molecule has 25 heavy (non-hydrogen) atoms. The van der Waals surface area contributed by atoms with E-state index < -0.39 is 0 Å². The van der Waals surface area contributed by atoms with Gasteiger partial charge in [-0.3, -0.25) is 4.99 Å². The summed E-state index contributed by atoms with van der Waals surface area (Å²) in [6, 6.07) is 8.63. The number of likely N-dealkylation sites (N-methyl/N-ethyl adjacent to an activating group) is 1. The maximum atomic E-state index is 4.43. The Balaban J connectivity index is 1.79. The number of aliphatic imine (C=N–C) groups is 1. The van der Waals surface area contributed by atoms with E-state index >= 15 is 0 Å². The third kappa shape index (κ3) is 6.05. The number of guanidine groups is 1. The van der Waals surface area contributed by atoms with Crippen LogP contribution in [0.15, 0.2) is 35.5 Å². The van der Waals surface area contributed by atoms with Crippen LogP contribution in [0.5, 0.6) is 0 Å². The van der Waals surface area contributed by atoms with E-state index in [1.54, 1.807) is 18.4 Å². The average molecular weight is 360 g/mol. The van der Waals surface area contributed by atoms with Crippen molar-refractivity contribution in [3.05, 3.63) is 45.9 Å². The smallest absolute Gasteiger partial charge is 0.191 e. The molecular weight excluding hydrogens is 330 g/mol. The fourth-order valence-electron chi connectivity index (χ4n) is 2.58. The van der Waals surface area contributed by atoms with Crippen LogP contribution in [0.4, 0.5) is 5.69 Å². The summed E-state index contributed by atoms with van der Waals surface area (Å²) in [6.07, 6.45) is 3.00. The number of hydrogen-bond donors (Lipinski definition) is 2. The summed E-state index contributed by atoms with van der Waals surface area (Å²) in [5.74, 6) is 0.813. The zero-order valence-electron chi connectivity index (χ0n) is 15.7. The summed E-state index contributed by atoms with van der Waals surface area (Å²) in [5, 5.41) is 7.81. The number of aryl methyl sites for hydroxylation is 2. The summed E-state index contributed by atoms with van der Waals surface area (Å²) in [5.41, 5.74) is 2.55. The molecule has 0 unspecified atom stereocenters. The Hall–Kier alpha value is -2.08. The minimum absolute atomic E-state index is 0.708. The Labute approximate surface area is 155 Å². The molecule has 0 amide bonds. The van der Waals surface area contributed by atoms with Crippen molar-refractivity contribution >= 4 is 23.0 Å². The lowest BCUT2D eigenvalue weighted by molar-refractivity contribution is 0.749. The van der Waals surface area contributed by atoms with Gasteiger partial charge in [0, 0.05) is 43.4 Å². The summed E-state index contributed by atoms with van der Waals surface area (Å²) in [6.45, 7) is 9.92. The van der Waals surface area contributed by atoms with E-state index in [0.717, 1.165) is 37.0 Å². The van der Waals surface area contributed by atoms with Crippen LogP contribution < -0.4 is 15.5 Å². The van der Waals surface area contributed by atoms with E-state index in [4.69, 9.17) is 0 Å². The van der Waals surface area contributed by atoms with Gasteiger partial charge in [-0.25, -0.2) is 4.98 Å². The summed E-state index contributed by atoms with van der Waals surface area (Å²) < 4.78 is 0. The molecule has 1 heterocycles. The molecule has 0 atom stereocenters. The van der Waals surface area contributed by atoms with Crippen LogP contribution in [-0.2, 0) is 13.0 Å². The molecule has 0 saturated carbocycles. The Morgan fingerprint density at radius 1 is 1.28 bits per heavy atom. The van der Waals surface area contributed by atoms with E-state index in [2.05, 4.69) is 70.5 Å². The van der Waals surface area contributed by atoms with E-state index in [-0.39, 0.29) is 0 Å². The first-order valence-electron chi connectivity index (χ1n) is 8.86. The highest BCUT2D eigenvalue weighted by molar-refractivity contribution is 7.11. The molecule has 2 aromatic rings. The van der Waals surface area contributed by atoms with Gasteiger partial charge in [-0.15, -0.1) is 11.3 Å². The second-order valence-corrected chi connectivity index (χ2v) is 7.04. The highest BCUT2D eigenvalue weighted by atomic mass is 32.1. The van der Waals surface area contributed by atoms with Gasteiger partial charge in [0.15, 0.2) is 5.96 Å². The molecule has 2 rings (SSSR count). The Morgan fingerprint density at radius 2 is 2.12 bits per heavy atom. The molecule has 1 aromatic carbocycles. The lowest BCUT2D eigenvalue weighted by atomic mass is 10.2. The van der Waals surface area contributed by atoms with Gasteiger partial charge in [0.25, 0.3) is 0 Å².